The molecular weight excluding hydrogens is 245 g/mol. The maximum Gasteiger partial charge on any atom is 0.129 e. The summed E-state index contributed by atoms with van der Waals surface area (Å²) >= 11 is 0. The lowest BCUT2D eigenvalue weighted by atomic mass is 9.83. The molecule has 1 aromatic rings. The Labute approximate surface area is 113 Å². The van der Waals surface area contributed by atoms with Gasteiger partial charge in [-0.3, -0.25) is 0 Å². The molecule has 1 unspecified atom stereocenters. The molecule has 3 nitrogen and oxygen atoms in total. The van der Waals surface area contributed by atoms with Crippen LogP contribution < -0.4 is 0 Å². The second-order valence-electron chi connectivity index (χ2n) is 5.44. The SMILES string of the molecule is CN(Cc1ccc(F)cc1)CC1(C=O)CCCOC1. The summed E-state index contributed by atoms with van der Waals surface area (Å²) < 4.78 is 18.3. The van der Waals surface area contributed by atoms with E-state index in [0.29, 0.717) is 19.7 Å². The van der Waals surface area contributed by atoms with Crippen LogP contribution in [-0.4, -0.2) is 38.0 Å². The molecule has 1 saturated heterocycles. The Balaban J connectivity index is 1.94. The third-order valence-corrected chi connectivity index (χ3v) is 3.55. The number of ether oxygens (including phenoxy) is 1. The van der Waals surface area contributed by atoms with Crippen LogP contribution in [0.15, 0.2) is 24.3 Å². The maximum atomic E-state index is 12.8. The summed E-state index contributed by atoms with van der Waals surface area (Å²) in [5.41, 5.74) is 0.661. The summed E-state index contributed by atoms with van der Waals surface area (Å²) in [6.45, 7) is 2.63. The lowest BCUT2D eigenvalue weighted by Crippen LogP contribution is -2.42. The summed E-state index contributed by atoms with van der Waals surface area (Å²) in [6.07, 6.45) is 2.85. The average molecular weight is 265 g/mol. The van der Waals surface area contributed by atoms with E-state index < -0.39 is 0 Å². The number of aldehydes is 1. The quantitative estimate of drug-likeness (QED) is 0.765. The van der Waals surface area contributed by atoms with Gasteiger partial charge in [0.2, 0.25) is 0 Å². The number of hydrogen-bond acceptors (Lipinski definition) is 3. The Morgan fingerprint density at radius 3 is 2.74 bits per heavy atom. The molecule has 1 aliphatic heterocycles. The number of halogens is 1. The van der Waals surface area contributed by atoms with E-state index in [1.165, 1.54) is 12.1 Å². The highest BCUT2D eigenvalue weighted by Crippen LogP contribution is 2.27. The highest BCUT2D eigenvalue weighted by Gasteiger charge is 2.33. The van der Waals surface area contributed by atoms with E-state index in [1.807, 2.05) is 7.05 Å². The Morgan fingerprint density at radius 2 is 2.16 bits per heavy atom. The molecule has 0 aromatic heterocycles. The van der Waals surface area contributed by atoms with Crippen LogP contribution in [0.2, 0.25) is 0 Å². The number of rotatable bonds is 5. The maximum absolute atomic E-state index is 12.8. The summed E-state index contributed by atoms with van der Waals surface area (Å²) in [4.78, 5) is 13.5. The van der Waals surface area contributed by atoms with Crippen molar-refractivity contribution in [2.45, 2.75) is 19.4 Å². The minimum Gasteiger partial charge on any atom is -0.380 e. The van der Waals surface area contributed by atoms with E-state index in [0.717, 1.165) is 31.3 Å². The first-order valence-corrected chi connectivity index (χ1v) is 6.61. The summed E-state index contributed by atoms with van der Waals surface area (Å²) in [5.74, 6) is -0.226. The Kier molecular flexibility index (Phi) is 4.66. The molecule has 1 aliphatic rings. The fourth-order valence-corrected chi connectivity index (χ4v) is 2.62. The van der Waals surface area contributed by atoms with Gasteiger partial charge in [-0.15, -0.1) is 0 Å². The zero-order chi connectivity index (χ0) is 13.7. The first kappa shape index (κ1) is 14.2. The normalized spacial score (nSPS) is 23.5. The molecule has 0 N–H and O–H groups in total. The highest BCUT2D eigenvalue weighted by molar-refractivity contribution is 5.60. The zero-order valence-electron chi connectivity index (χ0n) is 11.3. The van der Waals surface area contributed by atoms with Crippen LogP contribution in [-0.2, 0) is 16.1 Å². The number of carbonyl (C=O) groups is 1. The molecule has 1 atom stereocenters. The predicted molar refractivity (Wildman–Crippen MR) is 71.3 cm³/mol. The molecule has 4 heteroatoms. The van der Waals surface area contributed by atoms with Gasteiger partial charge in [0, 0.05) is 19.7 Å². The van der Waals surface area contributed by atoms with Crippen LogP contribution in [0.4, 0.5) is 4.39 Å². The second-order valence-corrected chi connectivity index (χ2v) is 5.44. The van der Waals surface area contributed by atoms with Crippen molar-refractivity contribution in [1.29, 1.82) is 0 Å². The minimum absolute atomic E-state index is 0.226. The van der Waals surface area contributed by atoms with Crippen molar-refractivity contribution < 1.29 is 13.9 Å². The van der Waals surface area contributed by atoms with Crippen molar-refractivity contribution in [3.05, 3.63) is 35.6 Å². The predicted octanol–water partition coefficient (Wildman–Crippen LogP) is 2.25. The fraction of sp³-hybridized carbons (Fsp3) is 0.533. The molecule has 0 spiro atoms. The number of hydrogen-bond donors (Lipinski definition) is 0. The van der Waals surface area contributed by atoms with Crippen molar-refractivity contribution in [2.75, 3.05) is 26.8 Å². The van der Waals surface area contributed by atoms with Crippen molar-refractivity contribution in [1.82, 2.24) is 4.90 Å². The van der Waals surface area contributed by atoms with E-state index in [1.54, 1.807) is 12.1 Å². The van der Waals surface area contributed by atoms with Gasteiger partial charge in [0.1, 0.15) is 12.1 Å². The molecule has 0 aliphatic carbocycles. The van der Waals surface area contributed by atoms with Gasteiger partial charge < -0.3 is 14.4 Å². The van der Waals surface area contributed by atoms with Gasteiger partial charge in [-0.25, -0.2) is 4.39 Å². The van der Waals surface area contributed by atoms with Gasteiger partial charge in [0.25, 0.3) is 0 Å². The minimum atomic E-state index is -0.382. The molecule has 2 rings (SSSR count). The average Bonchev–Trinajstić information content (AvgIpc) is 2.42. The second kappa shape index (κ2) is 6.26. The van der Waals surface area contributed by atoms with Gasteiger partial charge >= 0.3 is 0 Å². The zero-order valence-corrected chi connectivity index (χ0v) is 11.3. The fourth-order valence-electron chi connectivity index (χ4n) is 2.62. The summed E-state index contributed by atoms with van der Waals surface area (Å²) in [6, 6.07) is 6.47. The molecule has 104 valence electrons. The first-order valence-electron chi connectivity index (χ1n) is 6.61. The van der Waals surface area contributed by atoms with Crippen molar-refractivity contribution >= 4 is 6.29 Å². The monoisotopic (exact) mass is 265 g/mol. The number of benzene rings is 1. The van der Waals surface area contributed by atoms with E-state index in [2.05, 4.69) is 4.90 Å². The molecule has 0 saturated carbocycles. The van der Waals surface area contributed by atoms with Crippen LogP contribution in [0.3, 0.4) is 0 Å². The lowest BCUT2D eigenvalue weighted by molar-refractivity contribution is -0.125. The molecule has 0 radical (unpaired) electrons. The Bertz CT molecular complexity index is 413. The van der Waals surface area contributed by atoms with Gasteiger partial charge in [-0.2, -0.15) is 0 Å². The van der Waals surface area contributed by atoms with Crippen LogP contribution >= 0.6 is 0 Å². The molecule has 0 amide bonds. The standard InChI is InChI=1S/C15H20FNO2/c1-17(9-13-3-5-14(16)6-4-13)10-15(11-18)7-2-8-19-12-15/h3-6,11H,2,7-10,12H2,1H3. The van der Waals surface area contributed by atoms with Gasteiger partial charge in [-0.05, 0) is 37.6 Å². The third kappa shape index (κ3) is 3.85. The van der Waals surface area contributed by atoms with Gasteiger partial charge in [0.05, 0.1) is 12.0 Å². The molecule has 19 heavy (non-hydrogen) atoms. The number of carbonyl (C=O) groups excluding carboxylic acids is 1. The van der Waals surface area contributed by atoms with E-state index in [9.17, 15) is 9.18 Å². The largest absolute Gasteiger partial charge is 0.380 e. The molecular formula is C15H20FNO2. The summed E-state index contributed by atoms with van der Waals surface area (Å²) in [7, 11) is 1.98. The topological polar surface area (TPSA) is 29.5 Å². The third-order valence-electron chi connectivity index (χ3n) is 3.55. The molecule has 1 heterocycles. The Morgan fingerprint density at radius 1 is 1.42 bits per heavy atom. The van der Waals surface area contributed by atoms with Crippen LogP contribution in [0.25, 0.3) is 0 Å². The van der Waals surface area contributed by atoms with Crippen molar-refractivity contribution in [2.24, 2.45) is 5.41 Å². The first-order chi connectivity index (χ1) is 9.13. The summed E-state index contributed by atoms with van der Waals surface area (Å²) in [5, 5.41) is 0. The lowest BCUT2D eigenvalue weighted by Gasteiger charge is -2.35. The van der Waals surface area contributed by atoms with Gasteiger partial charge in [-0.1, -0.05) is 12.1 Å². The Hall–Kier alpha value is -1.26. The highest BCUT2D eigenvalue weighted by atomic mass is 19.1. The van der Waals surface area contributed by atoms with E-state index >= 15 is 0 Å². The van der Waals surface area contributed by atoms with E-state index in [4.69, 9.17) is 4.74 Å². The van der Waals surface area contributed by atoms with Gasteiger partial charge in [0.15, 0.2) is 0 Å². The van der Waals surface area contributed by atoms with Crippen LogP contribution in [0.1, 0.15) is 18.4 Å². The van der Waals surface area contributed by atoms with Crippen molar-refractivity contribution in [3.8, 4) is 0 Å². The molecule has 1 aromatic carbocycles. The number of nitrogens with zero attached hydrogens (tertiary/aromatic N) is 1. The van der Waals surface area contributed by atoms with Crippen molar-refractivity contribution in [3.63, 3.8) is 0 Å². The van der Waals surface area contributed by atoms with Crippen LogP contribution in [0.5, 0.6) is 0 Å². The smallest absolute Gasteiger partial charge is 0.129 e. The molecule has 0 bridgehead atoms. The van der Waals surface area contributed by atoms with E-state index in [-0.39, 0.29) is 11.2 Å². The van der Waals surface area contributed by atoms with Crippen LogP contribution in [0, 0.1) is 11.2 Å². The molecule has 1 fully saturated rings.